The van der Waals surface area contributed by atoms with Gasteiger partial charge in [-0.05, 0) is 42.2 Å². The molecule has 0 radical (unpaired) electrons. The first-order valence-corrected chi connectivity index (χ1v) is 10.6. The molecule has 0 aliphatic carbocycles. The third-order valence-electron chi connectivity index (χ3n) is 5.42. The smallest absolute Gasteiger partial charge is 0.276 e. The van der Waals surface area contributed by atoms with E-state index in [0.29, 0.717) is 18.0 Å². The molecule has 2 heterocycles. The molecule has 0 bridgehead atoms. The van der Waals surface area contributed by atoms with Crippen molar-refractivity contribution in [2.45, 2.75) is 39.3 Å². The lowest BCUT2D eigenvalue weighted by Crippen LogP contribution is -2.24. The fourth-order valence-corrected chi connectivity index (χ4v) is 3.59. The lowest BCUT2D eigenvalue weighted by molar-refractivity contribution is 0.155. The second-order valence-electron chi connectivity index (χ2n) is 7.91. The Morgan fingerprint density at radius 3 is 2.32 bits per heavy atom. The number of nitrogens with zero attached hydrogens (tertiary/aromatic N) is 3. The Morgan fingerprint density at radius 2 is 1.68 bits per heavy atom. The monoisotopic (exact) mass is 417 g/mol. The molecule has 4 rings (SSSR count). The van der Waals surface area contributed by atoms with Crippen molar-refractivity contribution in [1.82, 2.24) is 14.2 Å². The SMILES string of the molecule is CCOc1ccc(C(O)Cn2ccn3nc(-c4ccc(C(C)C)cc4)cc3c2=O)cc1. The van der Waals surface area contributed by atoms with Crippen LogP contribution >= 0.6 is 0 Å². The van der Waals surface area contributed by atoms with Crippen LogP contribution in [-0.2, 0) is 6.54 Å². The van der Waals surface area contributed by atoms with E-state index >= 15 is 0 Å². The highest BCUT2D eigenvalue weighted by Gasteiger charge is 2.13. The molecule has 31 heavy (non-hydrogen) atoms. The van der Waals surface area contributed by atoms with Crippen LogP contribution in [0, 0.1) is 0 Å². The maximum absolute atomic E-state index is 13.0. The Bertz CT molecular complexity index is 1220. The Balaban J connectivity index is 1.58. The lowest BCUT2D eigenvalue weighted by Gasteiger charge is -2.14. The van der Waals surface area contributed by atoms with E-state index in [0.717, 1.165) is 22.6 Å². The molecule has 0 saturated heterocycles. The third kappa shape index (κ3) is 4.39. The summed E-state index contributed by atoms with van der Waals surface area (Å²) in [5, 5.41) is 15.2. The summed E-state index contributed by atoms with van der Waals surface area (Å²) in [5.41, 5.74) is 3.99. The minimum absolute atomic E-state index is 0.160. The zero-order valence-electron chi connectivity index (χ0n) is 18.0. The molecule has 1 atom stereocenters. The average molecular weight is 418 g/mol. The van der Waals surface area contributed by atoms with Gasteiger partial charge in [0.2, 0.25) is 0 Å². The van der Waals surface area contributed by atoms with Crippen LogP contribution in [0.4, 0.5) is 0 Å². The highest BCUT2D eigenvalue weighted by Crippen LogP contribution is 2.23. The van der Waals surface area contributed by atoms with Crippen LogP contribution in [0.2, 0.25) is 0 Å². The van der Waals surface area contributed by atoms with Crippen LogP contribution in [-0.4, -0.2) is 25.9 Å². The predicted octanol–water partition coefficient (Wildman–Crippen LogP) is 4.42. The van der Waals surface area contributed by atoms with Crippen LogP contribution in [0.25, 0.3) is 16.8 Å². The summed E-state index contributed by atoms with van der Waals surface area (Å²) in [4.78, 5) is 13.0. The molecule has 160 valence electrons. The number of ether oxygens (including phenoxy) is 1. The molecule has 6 heteroatoms. The van der Waals surface area contributed by atoms with Gasteiger partial charge < -0.3 is 14.4 Å². The number of rotatable bonds is 7. The average Bonchev–Trinajstić information content (AvgIpc) is 3.22. The molecule has 2 aromatic heterocycles. The Morgan fingerprint density at radius 1 is 1.00 bits per heavy atom. The fourth-order valence-electron chi connectivity index (χ4n) is 3.59. The first-order chi connectivity index (χ1) is 15.0. The maximum atomic E-state index is 13.0. The standard InChI is InChI=1S/C25H27N3O3/c1-4-31-21-11-9-20(10-12-21)24(29)16-27-13-14-28-23(25(27)30)15-22(26-28)19-7-5-18(6-8-19)17(2)3/h5-15,17,24,29H,4,16H2,1-3H3. The quantitative estimate of drug-likeness (QED) is 0.483. The third-order valence-corrected chi connectivity index (χ3v) is 5.42. The molecule has 0 fully saturated rings. The van der Waals surface area contributed by atoms with Crippen molar-refractivity contribution in [3.05, 3.63) is 88.5 Å². The van der Waals surface area contributed by atoms with Crippen LogP contribution in [0.5, 0.6) is 5.75 Å². The molecule has 1 unspecified atom stereocenters. The summed E-state index contributed by atoms with van der Waals surface area (Å²) in [5.74, 6) is 1.22. The number of hydrogen-bond acceptors (Lipinski definition) is 4. The molecule has 1 N–H and O–H groups in total. The summed E-state index contributed by atoms with van der Waals surface area (Å²) < 4.78 is 8.55. The highest BCUT2D eigenvalue weighted by atomic mass is 16.5. The topological polar surface area (TPSA) is 68.8 Å². The Kier molecular flexibility index (Phi) is 5.91. The van der Waals surface area contributed by atoms with Crippen molar-refractivity contribution in [1.29, 1.82) is 0 Å². The van der Waals surface area contributed by atoms with E-state index < -0.39 is 6.10 Å². The van der Waals surface area contributed by atoms with Gasteiger partial charge in [0.25, 0.3) is 5.56 Å². The van der Waals surface area contributed by atoms with E-state index in [1.807, 2.05) is 43.3 Å². The van der Waals surface area contributed by atoms with Gasteiger partial charge in [0.1, 0.15) is 11.3 Å². The predicted molar refractivity (Wildman–Crippen MR) is 122 cm³/mol. The molecular weight excluding hydrogens is 390 g/mol. The molecule has 4 aromatic rings. The van der Waals surface area contributed by atoms with Crippen LogP contribution in [0.1, 0.15) is 43.9 Å². The molecule has 0 aliphatic rings. The summed E-state index contributed by atoms with van der Waals surface area (Å²) in [7, 11) is 0. The zero-order valence-corrected chi connectivity index (χ0v) is 18.0. The van der Waals surface area contributed by atoms with Gasteiger partial charge in [0.05, 0.1) is 24.9 Å². The van der Waals surface area contributed by atoms with Gasteiger partial charge in [-0.15, -0.1) is 0 Å². The van der Waals surface area contributed by atoms with Gasteiger partial charge in [-0.3, -0.25) is 4.79 Å². The minimum Gasteiger partial charge on any atom is -0.494 e. The number of aliphatic hydroxyl groups is 1. The van der Waals surface area contributed by atoms with Crippen molar-refractivity contribution in [2.75, 3.05) is 6.61 Å². The maximum Gasteiger partial charge on any atom is 0.276 e. The summed E-state index contributed by atoms with van der Waals surface area (Å²) in [6.07, 6.45) is 2.60. The summed E-state index contributed by atoms with van der Waals surface area (Å²) in [6, 6.07) is 17.3. The largest absolute Gasteiger partial charge is 0.494 e. The second kappa shape index (κ2) is 8.78. The first kappa shape index (κ1) is 20.9. The van der Waals surface area contributed by atoms with Crippen LogP contribution in [0.15, 0.2) is 71.8 Å². The number of hydrogen-bond donors (Lipinski definition) is 1. The highest BCUT2D eigenvalue weighted by molar-refractivity contribution is 5.65. The summed E-state index contributed by atoms with van der Waals surface area (Å²) >= 11 is 0. The van der Waals surface area contributed by atoms with Gasteiger partial charge in [-0.25, -0.2) is 4.52 Å². The van der Waals surface area contributed by atoms with Gasteiger partial charge in [0, 0.05) is 18.0 Å². The minimum atomic E-state index is -0.804. The second-order valence-corrected chi connectivity index (χ2v) is 7.91. The van der Waals surface area contributed by atoms with Crippen molar-refractivity contribution in [2.24, 2.45) is 0 Å². The Labute approximate surface area is 181 Å². The molecule has 0 aliphatic heterocycles. The number of aromatic nitrogens is 3. The van der Waals surface area contributed by atoms with Gasteiger partial charge in [-0.1, -0.05) is 50.2 Å². The zero-order chi connectivity index (χ0) is 22.0. The van der Waals surface area contributed by atoms with Crippen LogP contribution in [0.3, 0.4) is 0 Å². The fraction of sp³-hybridized carbons (Fsp3) is 0.280. The summed E-state index contributed by atoms with van der Waals surface area (Å²) in [6.45, 7) is 6.99. The van der Waals surface area contributed by atoms with Gasteiger partial charge in [-0.2, -0.15) is 5.10 Å². The molecule has 0 spiro atoms. The Hall–Kier alpha value is -3.38. The molecule has 6 nitrogen and oxygen atoms in total. The van der Waals surface area contributed by atoms with E-state index in [-0.39, 0.29) is 12.1 Å². The number of fused-ring (bicyclic) bond motifs is 1. The van der Waals surface area contributed by atoms with Crippen molar-refractivity contribution in [3.8, 4) is 17.0 Å². The molecular formula is C25H27N3O3. The van der Waals surface area contributed by atoms with Crippen molar-refractivity contribution >= 4 is 5.52 Å². The van der Waals surface area contributed by atoms with Crippen LogP contribution < -0.4 is 10.3 Å². The van der Waals surface area contributed by atoms with E-state index in [4.69, 9.17) is 4.74 Å². The van der Waals surface area contributed by atoms with Gasteiger partial charge >= 0.3 is 0 Å². The number of aliphatic hydroxyl groups excluding tert-OH is 1. The van der Waals surface area contributed by atoms with E-state index in [9.17, 15) is 9.90 Å². The lowest BCUT2D eigenvalue weighted by atomic mass is 10.0. The molecule has 2 aromatic carbocycles. The molecule has 0 saturated carbocycles. The van der Waals surface area contributed by atoms with E-state index in [1.54, 1.807) is 23.0 Å². The molecule has 0 amide bonds. The van der Waals surface area contributed by atoms with Gasteiger partial charge in [0.15, 0.2) is 0 Å². The first-order valence-electron chi connectivity index (χ1n) is 10.6. The van der Waals surface area contributed by atoms with E-state index in [1.165, 1.54) is 10.1 Å². The number of benzene rings is 2. The normalized spacial score (nSPS) is 12.4. The van der Waals surface area contributed by atoms with E-state index in [2.05, 4.69) is 31.1 Å². The van der Waals surface area contributed by atoms with Crippen molar-refractivity contribution in [3.63, 3.8) is 0 Å². The van der Waals surface area contributed by atoms with Crippen molar-refractivity contribution < 1.29 is 9.84 Å².